The summed E-state index contributed by atoms with van der Waals surface area (Å²) in [6.45, 7) is 2.43. The van der Waals surface area contributed by atoms with E-state index in [1.165, 1.54) is 12.7 Å². The van der Waals surface area contributed by atoms with Crippen LogP contribution < -0.4 is 26.2 Å². The van der Waals surface area contributed by atoms with Crippen LogP contribution in [-0.2, 0) is 6.54 Å². The molecule has 2 aliphatic heterocycles. The van der Waals surface area contributed by atoms with E-state index in [-0.39, 0.29) is 17.8 Å². The fourth-order valence-corrected chi connectivity index (χ4v) is 7.03. The molecule has 2 aliphatic rings. The number of piperazine rings is 1. The Morgan fingerprint density at radius 2 is 1.62 bits per heavy atom. The van der Waals surface area contributed by atoms with Crippen LogP contribution in [0.5, 0.6) is 5.75 Å². The maximum atomic E-state index is 12.4. The molecule has 5 heterocycles. The molecule has 0 amide bonds. The van der Waals surface area contributed by atoms with Crippen LogP contribution in [0.3, 0.4) is 0 Å². The lowest BCUT2D eigenvalue weighted by atomic mass is 10.1. The van der Waals surface area contributed by atoms with Crippen LogP contribution in [0.25, 0.3) is 39.5 Å². The van der Waals surface area contributed by atoms with E-state index in [0.717, 1.165) is 66.1 Å². The molecular formula is C35H31N7O3. The molecule has 3 aromatic carbocycles. The molecule has 2 atom stereocenters. The average molecular weight is 598 g/mol. The Hall–Kier alpha value is -5.35. The van der Waals surface area contributed by atoms with Crippen molar-refractivity contribution in [3.63, 3.8) is 0 Å². The van der Waals surface area contributed by atoms with Gasteiger partial charge in [-0.1, -0.05) is 42.5 Å². The Bertz CT molecular complexity index is 2100. The van der Waals surface area contributed by atoms with Crippen LogP contribution in [0, 0.1) is 0 Å². The minimum absolute atomic E-state index is 0.190. The van der Waals surface area contributed by atoms with Gasteiger partial charge in [0.25, 0.3) is 10.9 Å². The third-order valence-corrected chi connectivity index (χ3v) is 9.12. The number of benzene rings is 2. The quantitative estimate of drug-likeness (QED) is 0.270. The number of fused-ring (bicyclic) bond motifs is 3. The Morgan fingerprint density at radius 1 is 0.867 bits per heavy atom. The lowest BCUT2D eigenvalue weighted by Crippen LogP contribution is -2.57. The fraction of sp³-hybridized carbons (Fsp3) is 0.229. The third-order valence-electron chi connectivity index (χ3n) is 9.12. The van der Waals surface area contributed by atoms with E-state index < -0.39 is 10.9 Å². The van der Waals surface area contributed by atoms with Crippen LogP contribution in [0.2, 0.25) is 0 Å². The molecule has 2 N–H and O–H groups in total. The molecule has 2 bridgehead atoms. The number of nitrogen functional groups attached to an aromatic ring is 1. The van der Waals surface area contributed by atoms with Crippen molar-refractivity contribution in [3.05, 3.63) is 111 Å². The highest BCUT2D eigenvalue weighted by molar-refractivity contribution is 5.84. The molecule has 2 unspecified atom stereocenters. The summed E-state index contributed by atoms with van der Waals surface area (Å²) in [6.07, 6.45) is 3.66. The largest absolute Gasteiger partial charge is 0.491 e. The van der Waals surface area contributed by atoms with Gasteiger partial charge in [-0.25, -0.2) is 15.0 Å². The molecule has 10 nitrogen and oxygen atoms in total. The second-order valence-corrected chi connectivity index (χ2v) is 11.8. The van der Waals surface area contributed by atoms with Gasteiger partial charge in [0.1, 0.15) is 17.0 Å². The Labute approximate surface area is 259 Å². The van der Waals surface area contributed by atoms with Crippen LogP contribution in [-0.4, -0.2) is 56.7 Å². The van der Waals surface area contributed by atoms with Crippen molar-refractivity contribution in [3.8, 4) is 34.1 Å². The lowest BCUT2D eigenvalue weighted by Gasteiger charge is -2.42. The van der Waals surface area contributed by atoms with E-state index in [4.69, 9.17) is 20.4 Å². The van der Waals surface area contributed by atoms with Gasteiger partial charge < -0.3 is 15.4 Å². The molecule has 8 rings (SSSR count). The summed E-state index contributed by atoms with van der Waals surface area (Å²) < 4.78 is 7.31. The molecule has 6 aromatic rings. The van der Waals surface area contributed by atoms with Crippen molar-refractivity contribution in [1.82, 2.24) is 24.4 Å². The standard InChI is InChI=1S/C35H31N7O3/c1-45-32-29(30(43)31(32)44)41-24-13-14-25(41)20-40(19-24)18-21-9-11-23(12-10-21)42-34(26-8-5-17-37-33(26)36)39-28-16-15-27(38-35(28)42)22-6-3-2-4-7-22/h2-12,15-17,24-25H,13-14,18-20H2,1H3,(H2,36,37). The number of pyridine rings is 2. The SMILES string of the molecule is COc1c(N2C3CCC2CN(Cc2ccc(-n4c(-c5cccnc5N)nc5ccc(-c6ccccc6)nc54)cc2)C3)c(=O)c1=O. The average Bonchev–Trinajstić information content (AvgIpc) is 3.56. The molecule has 224 valence electrons. The van der Waals surface area contributed by atoms with Gasteiger partial charge in [0, 0.05) is 49.2 Å². The first kappa shape index (κ1) is 27.2. The maximum absolute atomic E-state index is 12.4. The zero-order valence-corrected chi connectivity index (χ0v) is 24.8. The molecule has 2 fully saturated rings. The van der Waals surface area contributed by atoms with Gasteiger partial charge in [0.15, 0.2) is 17.2 Å². The van der Waals surface area contributed by atoms with E-state index in [9.17, 15) is 9.59 Å². The Balaban J connectivity index is 1.10. The highest BCUT2D eigenvalue weighted by atomic mass is 16.5. The number of ether oxygens (including phenoxy) is 1. The summed E-state index contributed by atoms with van der Waals surface area (Å²) in [4.78, 5) is 43.3. The van der Waals surface area contributed by atoms with E-state index in [0.29, 0.717) is 17.3 Å². The number of likely N-dealkylation sites (tertiary alicyclic amines) is 1. The highest BCUT2D eigenvalue weighted by Gasteiger charge is 2.44. The van der Waals surface area contributed by atoms with Crippen molar-refractivity contribution < 1.29 is 4.74 Å². The van der Waals surface area contributed by atoms with E-state index in [1.807, 2.05) is 54.6 Å². The number of hydrogen-bond acceptors (Lipinski definition) is 9. The van der Waals surface area contributed by atoms with E-state index >= 15 is 0 Å². The predicted octanol–water partition coefficient (Wildman–Crippen LogP) is 4.19. The van der Waals surface area contributed by atoms with Crippen LogP contribution in [0.15, 0.2) is 94.6 Å². The second kappa shape index (κ2) is 10.7. The number of methoxy groups -OCH3 is 1. The summed E-state index contributed by atoms with van der Waals surface area (Å²) in [6, 6.07) is 26.8. The first-order chi connectivity index (χ1) is 22.0. The number of imidazole rings is 1. The van der Waals surface area contributed by atoms with Crippen molar-refractivity contribution >= 4 is 22.7 Å². The number of nitrogens with zero attached hydrogens (tertiary/aromatic N) is 6. The van der Waals surface area contributed by atoms with Gasteiger partial charge in [0.2, 0.25) is 0 Å². The van der Waals surface area contributed by atoms with Gasteiger partial charge in [-0.3, -0.25) is 19.1 Å². The zero-order chi connectivity index (χ0) is 30.7. The van der Waals surface area contributed by atoms with Crippen LogP contribution in [0.4, 0.5) is 11.5 Å². The Morgan fingerprint density at radius 3 is 2.33 bits per heavy atom. The molecular weight excluding hydrogens is 566 g/mol. The van der Waals surface area contributed by atoms with Crippen molar-refractivity contribution in [2.45, 2.75) is 31.5 Å². The predicted molar refractivity (Wildman–Crippen MR) is 174 cm³/mol. The zero-order valence-electron chi connectivity index (χ0n) is 24.8. The molecule has 0 saturated carbocycles. The topological polar surface area (TPSA) is 119 Å². The first-order valence-electron chi connectivity index (χ1n) is 15.1. The van der Waals surface area contributed by atoms with Gasteiger partial charge in [-0.05, 0) is 54.8 Å². The van der Waals surface area contributed by atoms with Crippen LogP contribution in [0.1, 0.15) is 18.4 Å². The fourth-order valence-electron chi connectivity index (χ4n) is 7.03. The van der Waals surface area contributed by atoms with Crippen molar-refractivity contribution in [2.75, 3.05) is 30.8 Å². The molecule has 3 aromatic heterocycles. The summed E-state index contributed by atoms with van der Waals surface area (Å²) in [7, 11) is 1.46. The molecule has 0 spiro atoms. The Kier molecular flexibility index (Phi) is 6.45. The molecule has 0 aliphatic carbocycles. The number of anilines is 2. The summed E-state index contributed by atoms with van der Waals surface area (Å²) in [5.74, 6) is 1.30. The molecule has 45 heavy (non-hydrogen) atoms. The lowest BCUT2D eigenvalue weighted by molar-refractivity contribution is 0.210. The number of nitrogens with two attached hydrogens (primary N) is 1. The van der Waals surface area contributed by atoms with Gasteiger partial charge >= 0.3 is 0 Å². The van der Waals surface area contributed by atoms with E-state index in [2.05, 4.69) is 43.6 Å². The summed E-state index contributed by atoms with van der Waals surface area (Å²) in [5, 5.41) is 0. The third kappa shape index (κ3) is 4.48. The first-order valence-corrected chi connectivity index (χ1v) is 15.1. The summed E-state index contributed by atoms with van der Waals surface area (Å²) in [5.41, 5.74) is 12.1. The number of aromatic nitrogens is 4. The molecule has 10 heteroatoms. The van der Waals surface area contributed by atoms with Crippen LogP contribution >= 0.6 is 0 Å². The highest BCUT2D eigenvalue weighted by Crippen LogP contribution is 2.38. The molecule has 0 radical (unpaired) electrons. The minimum atomic E-state index is -0.513. The number of rotatable bonds is 7. The normalized spacial score (nSPS) is 18.2. The summed E-state index contributed by atoms with van der Waals surface area (Å²) >= 11 is 0. The smallest absolute Gasteiger partial charge is 0.272 e. The monoisotopic (exact) mass is 597 g/mol. The van der Waals surface area contributed by atoms with E-state index in [1.54, 1.807) is 6.20 Å². The van der Waals surface area contributed by atoms with Gasteiger partial charge in [-0.15, -0.1) is 0 Å². The van der Waals surface area contributed by atoms with Gasteiger partial charge in [-0.2, -0.15) is 0 Å². The minimum Gasteiger partial charge on any atom is -0.491 e. The molecule has 2 saturated heterocycles. The van der Waals surface area contributed by atoms with Crippen molar-refractivity contribution in [2.24, 2.45) is 0 Å². The second-order valence-electron chi connectivity index (χ2n) is 11.8. The maximum Gasteiger partial charge on any atom is 0.272 e. The van der Waals surface area contributed by atoms with Crippen molar-refractivity contribution in [1.29, 1.82) is 0 Å². The number of hydrogen-bond donors (Lipinski definition) is 1. The van der Waals surface area contributed by atoms with Gasteiger partial charge in [0.05, 0.1) is 18.4 Å².